The predicted octanol–water partition coefficient (Wildman–Crippen LogP) is 5.13. The lowest BCUT2D eigenvalue weighted by atomic mass is 9.97. The van der Waals surface area contributed by atoms with Crippen LogP contribution in [0.15, 0.2) is 24.3 Å². The van der Waals surface area contributed by atoms with Crippen molar-refractivity contribution < 1.29 is 4.79 Å². The molecule has 0 aromatic heterocycles. The minimum Gasteiger partial charge on any atom is -0.325 e. The minimum absolute atomic E-state index is 0.131. The van der Waals surface area contributed by atoms with Gasteiger partial charge in [-0.2, -0.15) is 0 Å². The van der Waals surface area contributed by atoms with E-state index in [0.29, 0.717) is 5.91 Å². The highest BCUT2D eigenvalue weighted by molar-refractivity contribution is 7.99. The van der Waals surface area contributed by atoms with Crippen molar-refractivity contribution in [2.75, 3.05) is 12.3 Å². The van der Waals surface area contributed by atoms with E-state index in [-0.39, 0.29) is 11.3 Å². The van der Waals surface area contributed by atoms with Crippen molar-refractivity contribution in [3.8, 4) is 0 Å². The molecule has 1 saturated heterocycles. The molecule has 1 aliphatic rings. The van der Waals surface area contributed by atoms with Crippen molar-refractivity contribution in [3.05, 3.63) is 34.9 Å². The zero-order valence-electron chi connectivity index (χ0n) is 12.8. The van der Waals surface area contributed by atoms with E-state index in [9.17, 15) is 4.79 Å². The highest BCUT2D eigenvalue weighted by Gasteiger charge is 2.33. The average molecular weight is 326 g/mol. The van der Waals surface area contributed by atoms with Gasteiger partial charge in [0.2, 0.25) is 5.91 Å². The molecule has 0 saturated carbocycles. The molecule has 21 heavy (non-hydrogen) atoms. The lowest BCUT2D eigenvalue weighted by molar-refractivity contribution is -0.136. The number of benzene rings is 1. The molecule has 1 aromatic rings. The lowest BCUT2D eigenvalue weighted by Gasteiger charge is -2.28. The smallest absolute Gasteiger partial charge is 0.226 e. The summed E-state index contributed by atoms with van der Waals surface area (Å²) in [4.78, 5) is 14.9. The Morgan fingerprint density at radius 2 is 2.29 bits per heavy atom. The summed E-state index contributed by atoms with van der Waals surface area (Å²) < 4.78 is 0. The fraction of sp³-hybridized carbons (Fsp3) is 0.588. The SMILES string of the molecule is CCCC[C@H](CC)C(=O)N1CCS[C@H]1c1cccc(Cl)c1. The number of hydrogen-bond donors (Lipinski definition) is 0. The third-order valence-electron chi connectivity index (χ3n) is 4.06. The molecule has 1 amide bonds. The standard InChI is InChI=1S/C17H24ClNOS/c1-3-5-7-13(4-2)16(20)19-10-11-21-17(19)14-8-6-9-15(18)12-14/h6,8-9,12-13,17H,3-5,7,10-11H2,1-2H3/t13-,17-/m0/s1. The first-order valence-electron chi connectivity index (χ1n) is 7.84. The van der Waals surface area contributed by atoms with Crippen LogP contribution in [0.2, 0.25) is 5.02 Å². The molecule has 2 rings (SSSR count). The predicted molar refractivity (Wildman–Crippen MR) is 91.7 cm³/mol. The fourth-order valence-corrected chi connectivity index (χ4v) is 4.27. The van der Waals surface area contributed by atoms with Gasteiger partial charge in [0, 0.05) is 23.2 Å². The van der Waals surface area contributed by atoms with Crippen molar-refractivity contribution in [1.29, 1.82) is 0 Å². The minimum atomic E-state index is 0.131. The summed E-state index contributed by atoms with van der Waals surface area (Å²) in [6.07, 6.45) is 4.22. The van der Waals surface area contributed by atoms with Crippen LogP contribution in [0.3, 0.4) is 0 Å². The number of carbonyl (C=O) groups is 1. The number of thioether (sulfide) groups is 1. The van der Waals surface area contributed by atoms with Crippen molar-refractivity contribution in [3.63, 3.8) is 0 Å². The number of rotatable bonds is 6. The summed E-state index contributed by atoms with van der Waals surface area (Å²) >= 11 is 7.93. The largest absolute Gasteiger partial charge is 0.325 e. The van der Waals surface area contributed by atoms with Gasteiger partial charge in [-0.3, -0.25) is 4.79 Å². The van der Waals surface area contributed by atoms with Crippen molar-refractivity contribution >= 4 is 29.3 Å². The number of nitrogens with zero attached hydrogens (tertiary/aromatic N) is 1. The Bertz CT molecular complexity index is 480. The second-order valence-electron chi connectivity index (χ2n) is 5.56. The van der Waals surface area contributed by atoms with Gasteiger partial charge in [0.25, 0.3) is 0 Å². The van der Waals surface area contributed by atoms with Gasteiger partial charge in [-0.05, 0) is 30.5 Å². The number of amides is 1. The molecule has 0 aliphatic carbocycles. The molecule has 0 N–H and O–H groups in total. The highest BCUT2D eigenvalue weighted by Crippen LogP contribution is 2.40. The first kappa shape index (κ1) is 16.7. The van der Waals surface area contributed by atoms with Crippen LogP contribution in [0.4, 0.5) is 0 Å². The maximum Gasteiger partial charge on any atom is 0.226 e. The van der Waals surface area contributed by atoms with E-state index in [1.54, 1.807) is 0 Å². The van der Waals surface area contributed by atoms with E-state index in [4.69, 9.17) is 11.6 Å². The van der Waals surface area contributed by atoms with Crippen LogP contribution in [0.5, 0.6) is 0 Å². The van der Waals surface area contributed by atoms with Gasteiger partial charge in [0.05, 0.1) is 0 Å². The first-order valence-corrected chi connectivity index (χ1v) is 9.27. The highest BCUT2D eigenvalue weighted by atomic mass is 35.5. The normalized spacial score (nSPS) is 19.8. The number of unbranched alkanes of at least 4 members (excludes halogenated alkanes) is 1. The van der Waals surface area contributed by atoms with Gasteiger partial charge in [0.1, 0.15) is 5.37 Å². The molecule has 116 valence electrons. The van der Waals surface area contributed by atoms with E-state index < -0.39 is 0 Å². The third-order valence-corrected chi connectivity index (χ3v) is 5.55. The second kappa shape index (κ2) is 8.09. The molecule has 2 atom stereocenters. The molecule has 0 bridgehead atoms. The third kappa shape index (κ3) is 4.17. The number of halogens is 1. The zero-order valence-corrected chi connectivity index (χ0v) is 14.4. The maximum atomic E-state index is 12.8. The molecule has 0 radical (unpaired) electrons. The monoisotopic (exact) mass is 325 g/mol. The summed E-state index contributed by atoms with van der Waals surface area (Å²) in [5.41, 5.74) is 1.14. The van der Waals surface area contributed by atoms with Crippen LogP contribution in [0.25, 0.3) is 0 Å². The molecular formula is C17H24ClNOS. The topological polar surface area (TPSA) is 20.3 Å². The van der Waals surface area contributed by atoms with Crippen LogP contribution in [0.1, 0.15) is 50.5 Å². The van der Waals surface area contributed by atoms with Crippen LogP contribution in [-0.4, -0.2) is 23.1 Å². The summed E-state index contributed by atoms with van der Waals surface area (Å²) in [7, 11) is 0. The van der Waals surface area contributed by atoms with Crippen molar-refractivity contribution in [1.82, 2.24) is 4.90 Å². The Labute approximate surface area is 137 Å². The van der Waals surface area contributed by atoms with Crippen molar-refractivity contribution in [2.24, 2.45) is 5.92 Å². The molecule has 1 heterocycles. The first-order chi connectivity index (χ1) is 10.2. The maximum absolute atomic E-state index is 12.8. The average Bonchev–Trinajstić information content (AvgIpc) is 2.97. The molecule has 1 aliphatic heterocycles. The molecule has 2 nitrogen and oxygen atoms in total. The number of hydrogen-bond acceptors (Lipinski definition) is 2. The van der Waals surface area contributed by atoms with Gasteiger partial charge >= 0.3 is 0 Å². The van der Waals surface area contributed by atoms with E-state index in [1.807, 2.05) is 30.0 Å². The number of carbonyl (C=O) groups excluding carboxylic acids is 1. The molecule has 0 spiro atoms. The summed E-state index contributed by atoms with van der Waals surface area (Å²) in [6.45, 7) is 5.15. The zero-order chi connectivity index (χ0) is 15.2. The quantitative estimate of drug-likeness (QED) is 0.722. The molecule has 0 unspecified atom stereocenters. The van der Waals surface area contributed by atoms with Crippen LogP contribution >= 0.6 is 23.4 Å². The molecular weight excluding hydrogens is 302 g/mol. The second-order valence-corrected chi connectivity index (χ2v) is 7.18. The van der Waals surface area contributed by atoms with Gasteiger partial charge < -0.3 is 4.90 Å². The Balaban J connectivity index is 2.12. The van der Waals surface area contributed by atoms with E-state index in [1.165, 1.54) is 0 Å². The van der Waals surface area contributed by atoms with Gasteiger partial charge in [-0.15, -0.1) is 11.8 Å². The molecule has 4 heteroatoms. The molecule has 1 aromatic carbocycles. The van der Waals surface area contributed by atoms with Crippen LogP contribution < -0.4 is 0 Å². The Kier molecular flexibility index (Phi) is 6.43. The van der Waals surface area contributed by atoms with E-state index in [2.05, 4.69) is 24.8 Å². The van der Waals surface area contributed by atoms with Crippen LogP contribution in [0, 0.1) is 5.92 Å². The Morgan fingerprint density at radius 1 is 1.48 bits per heavy atom. The lowest BCUT2D eigenvalue weighted by Crippen LogP contribution is -2.35. The van der Waals surface area contributed by atoms with Gasteiger partial charge in [-0.25, -0.2) is 0 Å². The molecule has 1 fully saturated rings. The van der Waals surface area contributed by atoms with Crippen molar-refractivity contribution in [2.45, 2.75) is 44.9 Å². The Morgan fingerprint density at radius 3 is 2.95 bits per heavy atom. The van der Waals surface area contributed by atoms with E-state index >= 15 is 0 Å². The Hall–Kier alpha value is -0.670. The summed E-state index contributed by atoms with van der Waals surface area (Å²) in [6, 6.07) is 7.90. The summed E-state index contributed by atoms with van der Waals surface area (Å²) in [5.74, 6) is 1.50. The van der Waals surface area contributed by atoms with Gasteiger partial charge in [-0.1, -0.05) is 50.4 Å². The van der Waals surface area contributed by atoms with Crippen LogP contribution in [-0.2, 0) is 4.79 Å². The summed E-state index contributed by atoms with van der Waals surface area (Å²) in [5, 5.41) is 0.873. The van der Waals surface area contributed by atoms with Gasteiger partial charge in [0.15, 0.2) is 0 Å². The van der Waals surface area contributed by atoms with E-state index in [0.717, 1.165) is 48.6 Å². The fourth-order valence-electron chi connectivity index (χ4n) is 2.82.